The number of hydrogen-bond acceptors (Lipinski definition) is 3. The monoisotopic (exact) mass is 349 g/mol. The number of likely N-dealkylation sites (tertiary alicyclic amines) is 1. The molecule has 2 aliphatic rings. The van der Waals surface area contributed by atoms with Crippen LogP contribution in [-0.4, -0.2) is 31.6 Å². The van der Waals surface area contributed by atoms with Gasteiger partial charge in [0, 0.05) is 18.4 Å². The van der Waals surface area contributed by atoms with Gasteiger partial charge in [0.2, 0.25) is 11.8 Å². The summed E-state index contributed by atoms with van der Waals surface area (Å²) in [6.45, 7) is 2.38. The predicted molar refractivity (Wildman–Crippen MR) is 97.6 cm³/mol. The van der Waals surface area contributed by atoms with Crippen molar-refractivity contribution < 1.29 is 9.90 Å². The van der Waals surface area contributed by atoms with Crippen LogP contribution in [0.4, 0.5) is 0 Å². The zero-order valence-corrected chi connectivity index (χ0v) is 14.4. The summed E-state index contributed by atoms with van der Waals surface area (Å²) in [5, 5.41) is 12.9. The van der Waals surface area contributed by atoms with Crippen LogP contribution in [0.1, 0.15) is 37.5 Å². The van der Waals surface area contributed by atoms with Crippen molar-refractivity contribution in [1.29, 1.82) is 0 Å². The third-order valence-electron chi connectivity index (χ3n) is 5.69. The van der Waals surface area contributed by atoms with Crippen LogP contribution in [0.2, 0.25) is 0 Å². The Morgan fingerprint density at radius 2 is 1.96 bits per heavy atom. The van der Waals surface area contributed by atoms with Crippen molar-refractivity contribution in [1.82, 2.24) is 14.0 Å². The van der Waals surface area contributed by atoms with E-state index in [0.29, 0.717) is 30.8 Å². The topological polar surface area (TPSA) is 67.5 Å². The van der Waals surface area contributed by atoms with Crippen LogP contribution in [-0.2, 0) is 4.79 Å². The number of fused-ring (bicyclic) bond motifs is 6. The second-order valence-corrected chi connectivity index (χ2v) is 7.00. The molecular weight excluding hydrogens is 330 g/mol. The van der Waals surface area contributed by atoms with Gasteiger partial charge in [-0.05, 0) is 17.9 Å². The van der Waals surface area contributed by atoms with E-state index in [4.69, 9.17) is 0 Å². The standard InChI is InChI=1S/C20H19N3O3/c1-2-17(24)21-11-13-10-16(21)18-19(25)23(20(26)22(13)18)15-9-5-7-12-6-3-4-8-14(12)15/h3-9,13,16,25H,2,10-11H2,1H3. The van der Waals surface area contributed by atoms with Crippen molar-refractivity contribution in [2.45, 2.75) is 31.8 Å². The van der Waals surface area contributed by atoms with E-state index in [1.807, 2.05) is 49.4 Å². The summed E-state index contributed by atoms with van der Waals surface area (Å²) in [5.74, 6) is 0.0148. The number of aromatic hydroxyl groups is 1. The minimum absolute atomic E-state index is 0.0487. The quantitative estimate of drug-likeness (QED) is 0.773. The molecule has 1 amide bonds. The lowest BCUT2D eigenvalue weighted by atomic mass is 10.1. The molecule has 0 radical (unpaired) electrons. The molecule has 2 bridgehead atoms. The highest BCUT2D eigenvalue weighted by Crippen LogP contribution is 2.48. The Bertz CT molecular complexity index is 1110. The summed E-state index contributed by atoms with van der Waals surface area (Å²) < 4.78 is 3.07. The van der Waals surface area contributed by atoms with E-state index in [0.717, 1.165) is 10.8 Å². The Labute approximate surface area is 149 Å². The summed E-state index contributed by atoms with van der Waals surface area (Å²) in [5.41, 5.74) is 1.01. The van der Waals surface area contributed by atoms with Crippen LogP contribution >= 0.6 is 0 Å². The molecule has 2 aromatic carbocycles. The van der Waals surface area contributed by atoms with Crippen LogP contribution in [0.25, 0.3) is 16.5 Å². The smallest absolute Gasteiger partial charge is 0.336 e. The van der Waals surface area contributed by atoms with Gasteiger partial charge in [0.1, 0.15) is 5.69 Å². The molecule has 0 aliphatic carbocycles. The second kappa shape index (κ2) is 5.24. The molecular formula is C20H19N3O3. The SMILES string of the molecule is CCC(=O)N1CC2CC1c1c(O)n(-c3cccc4ccccc34)c(=O)n12. The van der Waals surface area contributed by atoms with Gasteiger partial charge in [-0.15, -0.1) is 0 Å². The molecule has 6 nitrogen and oxygen atoms in total. The average Bonchev–Trinajstić information content (AvgIpc) is 3.32. The number of benzene rings is 2. The number of rotatable bonds is 2. The van der Waals surface area contributed by atoms with Gasteiger partial charge in [-0.2, -0.15) is 0 Å². The molecule has 26 heavy (non-hydrogen) atoms. The van der Waals surface area contributed by atoms with Crippen molar-refractivity contribution in [3.05, 3.63) is 58.6 Å². The van der Waals surface area contributed by atoms with Gasteiger partial charge >= 0.3 is 5.69 Å². The first kappa shape index (κ1) is 15.3. The molecule has 3 aromatic rings. The maximum Gasteiger partial charge on any atom is 0.336 e. The molecule has 0 saturated carbocycles. The van der Waals surface area contributed by atoms with E-state index < -0.39 is 0 Å². The number of amides is 1. The Kier molecular flexibility index (Phi) is 3.07. The molecule has 132 valence electrons. The van der Waals surface area contributed by atoms with Crippen molar-refractivity contribution in [3.8, 4) is 11.6 Å². The van der Waals surface area contributed by atoms with Gasteiger partial charge < -0.3 is 10.0 Å². The van der Waals surface area contributed by atoms with Gasteiger partial charge in [-0.3, -0.25) is 9.36 Å². The average molecular weight is 349 g/mol. The maximum atomic E-state index is 13.1. The Morgan fingerprint density at radius 3 is 2.77 bits per heavy atom. The molecule has 6 heteroatoms. The van der Waals surface area contributed by atoms with Crippen LogP contribution in [0.15, 0.2) is 47.3 Å². The van der Waals surface area contributed by atoms with E-state index in [9.17, 15) is 14.7 Å². The third-order valence-corrected chi connectivity index (χ3v) is 5.69. The molecule has 2 atom stereocenters. The molecule has 0 spiro atoms. The second-order valence-electron chi connectivity index (χ2n) is 7.00. The maximum absolute atomic E-state index is 13.1. The van der Waals surface area contributed by atoms with E-state index in [1.54, 1.807) is 9.47 Å². The lowest BCUT2D eigenvalue weighted by Gasteiger charge is -2.27. The summed E-state index contributed by atoms with van der Waals surface area (Å²) >= 11 is 0. The van der Waals surface area contributed by atoms with Gasteiger partial charge in [-0.1, -0.05) is 43.3 Å². The first-order valence-electron chi connectivity index (χ1n) is 8.95. The highest BCUT2D eigenvalue weighted by Gasteiger charge is 2.48. The zero-order chi connectivity index (χ0) is 18.0. The fourth-order valence-electron chi connectivity index (χ4n) is 4.55. The molecule has 1 fully saturated rings. The minimum Gasteiger partial charge on any atom is -0.493 e. The molecule has 1 saturated heterocycles. The largest absolute Gasteiger partial charge is 0.493 e. The van der Waals surface area contributed by atoms with Crippen LogP contribution in [0.5, 0.6) is 5.88 Å². The minimum atomic E-state index is -0.232. The lowest BCUT2D eigenvalue weighted by Crippen LogP contribution is -2.37. The number of hydrogen-bond donors (Lipinski definition) is 1. The van der Waals surface area contributed by atoms with Crippen LogP contribution in [0, 0.1) is 0 Å². The van der Waals surface area contributed by atoms with Crippen LogP contribution < -0.4 is 5.69 Å². The molecule has 1 aromatic heterocycles. The van der Waals surface area contributed by atoms with Crippen molar-refractivity contribution in [3.63, 3.8) is 0 Å². The highest BCUT2D eigenvalue weighted by atomic mass is 16.3. The Balaban J connectivity index is 1.73. The highest BCUT2D eigenvalue weighted by molar-refractivity contribution is 5.90. The van der Waals surface area contributed by atoms with Gasteiger partial charge in [0.25, 0.3) is 0 Å². The summed E-state index contributed by atoms with van der Waals surface area (Å²) in [6.07, 6.45) is 1.14. The number of aromatic nitrogens is 2. The van der Waals surface area contributed by atoms with Crippen molar-refractivity contribution in [2.24, 2.45) is 0 Å². The Hall–Kier alpha value is -3.02. The predicted octanol–water partition coefficient (Wildman–Crippen LogP) is 2.74. The fourth-order valence-corrected chi connectivity index (χ4v) is 4.55. The van der Waals surface area contributed by atoms with E-state index >= 15 is 0 Å². The third kappa shape index (κ3) is 1.81. The van der Waals surface area contributed by atoms with E-state index in [1.165, 1.54) is 4.57 Å². The van der Waals surface area contributed by atoms with Crippen LogP contribution in [0.3, 0.4) is 0 Å². The van der Waals surface area contributed by atoms with Gasteiger partial charge in [0.15, 0.2) is 0 Å². The molecule has 1 N–H and O–H groups in total. The van der Waals surface area contributed by atoms with Crippen molar-refractivity contribution in [2.75, 3.05) is 6.54 Å². The number of imidazole rings is 1. The van der Waals surface area contributed by atoms with Crippen molar-refractivity contribution >= 4 is 16.7 Å². The normalized spacial score (nSPS) is 20.7. The number of carbonyl (C=O) groups excluding carboxylic acids is 1. The van der Waals surface area contributed by atoms with E-state index in [-0.39, 0.29) is 29.6 Å². The summed E-state index contributed by atoms with van der Waals surface area (Å²) in [4.78, 5) is 27.1. The van der Waals surface area contributed by atoms with E-state index in [2.05, 4.69) is 0 Å². The van der Waals surface area contributed by atoms with Gasteiger partial charge in [-0.25, -0.2) is 9.36 Å². The molecule has 2 aliphatic heterocycles. The summed E-state index contributed by atoms with van der Waals surface area (Å²) in [6, 6.07) is 13.2. The Morgan fingerprint density at radius 1 is 1.19 bits per heavy atom. The molecule has 2 unspecified atom stereocenters. The fraction of sp³-hybridized carbons (Fsp3) is 0.300. The lowest BCUT2D eigenvalue weighted by molar-refractivity contribution is -0.132. The molecule has 3 heterocycles. The number of carbonyl (C=O) groups is 1. The van der Waals surface area contributed by atoms with Gasteiger partial charge in [0.05, 0.1) is 17.8 Å². The summed E-state index contributed by atoms with van der Waals surface area (Å²) in [7, 11) is 0. The first-order valence-corrected chi connectivity index (χ1v) is 8.95. The number of nitrogens with zero attached hydrogens (tertiary/aromatic N) is 3. The zero-order valence-electron chi connectivity index (χ0n) is 14.4. The first-order chi connectivity index (χ1) is 12.6. The molecule has 5 rings (SSSR count).